The maximum Gasteiger partial charge on any atom is 0.237 e. The normalized spacial score (nSPS) is 14.4. The van der Waals surface area contributed by atoms with Crippen LogP contribution in [-0.2, 0) is 4.79 Å². The minimum absolute atomic E-state index is 0.0431. The van der Waals surface area contributed by atoms with E-state index in [1.807, 2.05) is 13.2 Å². The molecule has 1 heterocycles. The van der Waals surface area contributed by atoms with Crippen molar-refractivity contribution in [3.05, 3.63) is 21.9 Å². The number of hydrogen-bond donors (Lipinski definition) is 2. The van der Waals surface area contributed by atoms with Crippen molar-refractivity contribution in [2.45, 2.75) is 32.4 Å². The molecular formula is C12H20N2OS2. The van der Waals surface area contributed by atoms with Crippen molar-refractivity contribution >= 4 is 29.0 Å². The van der Waals surface area contributed by atoms with Crippen LogP contribution >= 0.6 is 23.1 Å². The van der Waals surface area contributed by atoms with Gasteiger partial charge in [-0.2, -0.15) is 11.8 Å². The number of nitrogens with two attached hydrogens (primary N) is 1. The number of amides is 1. The zero-order valence-electron chi connectivity index (χ0n) is 10.5. The standard InChI is InChI=1S/C12H20N2OS2/c1-8-4-5-11(17-8)9(2)14-12(15)10(13)6-7-16-3/h4-5,9-10H,6-7,13H2,1-3H3,(H,14,15)/t9?,10-/m1/s1. The second-order valence-electron chi connectivity index (χ2n) is 4.07. The molecular weight excluding hydrogens is 252 g/mol. The first-order valence-electron chi connectivity index (χ1n) is 5.65. The number of carbonyl (C=O) groups excluding carboxylic acids is 1. The molecule has 0 aromatic carbocycles. The van der Waals surface area contributed by atoms with Gasteiger partial charge in [0, 0.05) is 9.75 Å². The van der Waals surface area contributed by atoms with E-state index in [9.17, 15) is 4.79 Å². The van der Waals surface area contributed by atoms with Crippen LogP contribution < -0.4 is 11.1 Å². The summed E-state index contributed by atoms with van der Waals surface area (Å²) in [6.45, 7) is 4.05. The summed E-state index contributed by atoms with van der Waals surface area (Å²) in [6, 6.07) is 3.77. The molecule has 0 bridgehead atoms. The molecule has 17 heavy (non-hydrogen) atoms. The van der Waals surface area contributed by atoms with E-state index in [-0.39, 0.29) is 11.9 Å². The number of aryl methyl sites for hydroxylation is 1. The largest absolute Gasteiger partial charge is 0.347 e. The third-order valence-corrected chi connectivity index (χ3v) is 4.34. The van der Waals surface area contributed by atoms with E-state index < -0.39 is 6.04 Å². The van der Waals surface area contributed by atoms with Gasteiger partial charge in [0.1, 0.15) is 0 Å². The van der Waals surface area contributed by atoms with Gasteiger partial charge in [0.15, 0.2) is 0 Å². The third-order valence-electron chi connectivity index (χ3n) is 2.52. The summed E-state index contributed by atoms with van der Waals surface area (Å²) < 4.78 is 0. The van der Waals surface area contributed by atoms with Crippen LogP contribution in [0.4, 0.5) is 0 Å². The molecule has 1 aromatic heterocycles. The minimum Gasteiger partial charge on any atom is -0.347 e. The average Bonchev–Trinajstić information content (AvgIpc) is 2.72. The second kappa shape index (κ2) is 7.03. The Morgan fingerprint density at radius 1 is 1.59 bits per heavy atom. The monoisotopic (exact) mass is 272 g/mol. The van der Waals surface area contributed by atoms with E-state index in [1.54, 1.807) is 23.1 Å². The molecule has 0 aliphatic rings. The van der Waals surface area contributed by atoms with Crippen LogP contribution in [0.1, 0.15) is 29.1 Å². The topological polar surface area (TPSA) is 55.1 Å². The Labute approximate surface area is 111 Å². The fourth-order valence-electron chi connectivity index (χ4n) is 1.45. The molecule has 96 valence electrons. The number of thioether (sulfide) groups is 1. The highest BCUT2D eigenvalue weighted by molar-refractivity contribution is 7.98. The van der Waals surface area contributed by atoms with Crippen LogP contribution in [0.3, 0.4) is 0 Å². The first-order valence-corrected chi connectivity index (χ1v) is 7.87. The molecule has 0 spiro atoms. The SMILES string of the molecule is CSCC[C@@H](N)C(=O)NC(C)c1ccc(C)s1. The van der Waals surface area contributed by atoms with Gasteiger partial charge < -0.3 is 11.1 Å². The summed E-state index contributed by atoms with van der Waals surface area (Å²) >= 11 is 3.42. The molecule has 5 heteroatoms. The molecule has 1 amide bonds. The van der Waals surface area contributed by atoms with E-state index in [0.29, 0.717) is 0 Å². The quantitative estimate of drug-likeness (QED) is 0.835. The van der Waals surface area contributed by atoms with Gasteiger partial charge in [-0.1, -0.05) is 0 Å². The van der Waals surface area contributed by atoms with Crippen molar-refractivity contribution < 1.29 is 4.79 Å². The van der Waals surface area contributed by atoms with Gasteiger partial charge in [-0.3, -0.25) is 4.79 Å². The van der Waals surface area contributed by atoms with E-state index >= 15 is 0 Å². The number of hydrogen-bond acceptors (Lipinski definition) is 4. The first kappa shape index (κ1) is 14.5. The molecule has 1 unspecified atom stereocenters. The molecule has 0 fully saturated rings. The molecule has 0 saturated heterocycles. The molecule has 3 N–H and O–H groups in total. The second-order valence-corrected chi connectivity index (χ2v) is 6.37. The van der Waals surface area contributed by atoms with E-state index in [2.05, 4.69) is 24.4 Å². The van der Waals surface area contributed by atoms with Crippen LogP contribution in [0.5, 0.6) is 0 Å². The van der Waals surface area contributed by atoms with Gasteiger partial charge in [-0.05, 0) is 44.4 Å². The maximum absolute atomic E-state index is 11.8. The Hall–Kier alpha value is -0.520. The smallest absolute Gasteiger partial charge is 0.237 e. The molecule has 0 saturated carbocycles. The van der Waals surface area contributed by atoms with Gasteiger partial charge in [-0.25, -0.2) is 0 Å². The van der Waals surface area contributed by atoms with Crippen molar-refractivity contribution in [3.8, 4) is 0 Å². The van der Waals surface area contributed by atoms with Crippen molar-refractivity contribution in [1.29, 1.82) is 0 Å². The summed E-state index contributed by atoms with van der Waals surface area (Å²) in [6.07, 6.45) is 2.74. The Morgan fingerprint density at radius 2 is 2.29 bits per heavy atom. The van der Waals surface area contributed by atoms with E-state index in [4.69, 9.17) is 5.73 Å². The summed E-state index contributed by atoms with van der Waals surface area (Å²) in [7, 11) is 0. The Morgan fingerprint density at radius 3 is 2.82 bits per heavy atom. The predicted molar refractivity (Wildman–Crippen MR) is 76.6 cm³/mol. The highest BCUT2D eigenvalue weighted by Crippen LogP contribution is 2.22. The molecule has 0 aliphatic carbocycles. The Balaban J connectivity index is 2.45. The zero-order chi connectivity index (χ0) is 12.8. The van der Waals surface area contributed by atoms with E-state index in [1.165, 1.54) is 9.75 Å². The fourth-order valence-corrected chi connectivity index (χ4v) is 2.82. The molecule has 1 aromatic rings. The highest BCUT2D eigenvalue weighted by atomic mass is 32.2. The van der Waals surface area contributed by atoms with Gasteiger partial charge >= 0.3 is 0 Å². The Bertz CT molecular complexity index is 365. The molecule has 0 radical (unpaired) electrons. The van der Waals surface area contributed by atoms with Crippen molar-refractivity contribution in [3.63, 3.8) is 0 Å². The molecule has 3 nitrogen and oxygen atoms in total. The average molecular weight is 272 g/mol. The molecule has 1 rings (SSSR count). The van der Waals surface area contributed by atoms with Gasteiger partial charge in [0.2, 0.25) is 5.91 Å². The van der Waals surface area contributed by atoms with Gasteiger partial charge in [-0.15, -0.1) is 11.3 Å². The Kier molecular flexibility index (Phi) is 6.02. The highest BCUT2D eigenvalue weighted by Gasteiger charge is 2.16. The van der Waals surface area contributed by atoms with Crippen LogP contribution in [0.25, 0.3) is 0 Å². The van der Waals surface area contributed by atoms with Crippen LogP contribution in [0, 0.1) is 6.92 Å². The first-order chi connectivity index (χ1) is 8.04. The number of nitrogens with one attached hydrogen (secondary N) is 1. The number of rotatable bonds is 6. The van der Waals surface area contributed by atoms with E-state index in [0.717, 1.165) is 12.2 Å². The molecule has 0 aliphatic heterocycles. The number of thiophene rings is 1. The van der Waals surface area contributed by atoms with Crippen molar-refractivity contribution in [1.82, 2.24) is 5.32 Å². The molecule has 2 atom stereocenters. The van der Waals surface area contributed by atoms with Crippen LogP contribution in [0.2, 0.25) is 0 Å². The summed E-state index contributed by atoms with van der Waals surface area (Å²) in [5.41, 5.74) is 5.81. The summed E-state index contributed by atoms with van der Waals surface area (Å²) in [4.78, 5) is 14.2. The van der Waals surface area contributed by atoms with Crippen molar-refractivity contribution in [2.24, 2.45) is 5.73 Å². The van der Waals surface area contributed by atoms with Gasteiger partial charge in [0.05, 0.1) is 12.1 Å². The number of carbonyl (C=O) groups is 1. The van der Waals surface area contributed by atoms with Crippen LogP contribution in [0.15, 0.2) is 12.1 Å². The summed E-state index contributed by atoms with van der Waals surface area (Å²) in [5.74, 6) is 0.860. The van der Waals surface area contributed by atoms with Crippen molar-refractivity contribution in [2.75, 3.05) is 12.0 Å². The minimum atomic E-state index is -0.397. The zero-order valence-corrected chi connectivity index (χ0v) is 12.2. The lowest BCUT2D eigenvalue weighted by atomic mass is 10.2. The van der Waals surface area contributed by atoms with Crippen LogP contribution in [-0.4, -0.2) is 24.0 Å². The maximum atomic E-state index is 11.8. The fraction of sp³-hybridized carbons (Fsp3) is 0.583. The van der Waals surface area contributed by atoms with Gasteiger partial charge in [0.25, 0.3) is 0 Å². The summed E-state index contributed by atoms with van der Waals surface area (Å²) in [5, 5.41) is 2.96. The lowest BCUT2D eigenvalue weighted by Gasteiger charge is -2.16. The lowest BCUT2D eigenvalue weighted by molar-refractivity contribution is -0.123. The third kappa shape index (κ3) is 4.69. The lowest BCUT2D eigenvalue weighted by Crippen LogP contribution is -2.41. The predicted octanol–water partition coefficient (Wildman–Crippen LogP) is 2.31.